The number of imidazole rings is 1. The number of ether oxygens (including phenoxy) is 3. The third-order valence-electron chi connectivity index (χ3n) is 7.89. The molecule has 2 aromatic carbocycles. The van der Waals surface area contributed by atoms with E-state index in [1.54, 1.807) is 36.4 Å². The van der Waals surface area contributed by atoms with Crippen LogP contribution in [0.15, 0.2) is 71.8 Å². The summed E-state index contributed by atoms with van der Waals surface area (Å²) < 4.78 is 37.1. The number of anilines is 1. The van der Waals surface area contributed by atoms with Crippen LogP contribution >= 0.6 is 7.75 Å². The second kappa shape index (κ2) is 14.7. The number of nitrogens with zero attached hydrogens (tertiary/aromatic N) is 3. The Morgan fingerprint density at radius 2 is 1.64 bits per heavy atom. The number of hydrogen-bond donors (Lipinski definition) is 5. The maximum Gasteiger partial charge on any atom is 0.432 e. The van der Waals surface area contributed by atoms with Crippen molar-refractivity contribution < 1.29 is 47.4 Å². The molecule has 0 spiro atoms. The van der Waals surface area contributed by atoms with Crippen LogP contribution in [0.5, 0.6) is 0 Å². The third-order valence-corrected chi connectivity index (χ3v) is 8.89. The van der Waals surface area contributed by atoms with E-state index in [1.807, 2.05) is 5.09 Å². The molecular weight excluding hydrogens is 677 g/mol. The van der Waals surface area contributed by atoms with Crippen molar-refractivity contribution in [2.75, 3.05) is 18.5 Å². The molecule has 5 N–H and O–H groups in total. The number of amides is 2. The molecule has 2 aromatic heterocycles. The largest absolute Gasteiger partial charge is 0.452 e. The maximum atomic E-state index is 13.5. The van der Waals surface area contributed by atoms with Gasteiger partial charge in [0.1, 0.15) is 17.9 Å². The lowest BCUT2D eigenvalue weighted by atomic mass is 10.1. The zero-order valence-electron chi connectivity index (χ0n) is 26.4. The minimum absolute atomic E-state index is 0.00469. The van der Waals surface area contributed by atoms with Crippen molar-refractivity contribution in [3.05, 3.63) is 88.6 Å². The number of rotatable bonds is 11. The van der Waals surface area contributed by atoms with Crippen LogP contribution in [0.3, 0.4) is 0 Å². The predicted octanol–water partition coefficient (Wildman–Crippen LogP) is 1.41. The van der Waals surface area contributed by atoms with Crippen molar-refractivity contribution >= 4 is 48.5 Å². The summed E-state index contributed by atoms with van der Waals surface area (Å²) in [5.41, 5.74) is -0.686. The lowest BCUT2D eigenvalue weighted by Crippen LogP contribution is -2.42. The number of benzene rings is 2. The van der Waals surface area contributed by atoms with Crippen molar-refractivity contribution in [3.8, 4) is 0 Å². The Bertz CT molecular complexity index is 2000. The number of aromatic nitrogens is 4. The first-order valence-electron chi connectivity index (χ1n) is 15.4. The Kier molecular flexibility index (Phi) is 10.2. The monoisotopic (exact) mass is 709 g/mol. The quantitative estimate of drug-likeness (QED) is 0.109. The van der Waals surface area contributed by atoms with Gasteiger partial charge in [0.2, 0.25) is 11.8 Å². The van der Waals surface area contributed by atoms with Crippen LogP contribution < -0.4 is 21.4 Å². The summed E-state index contributed by atoms with van der Waals surface area (Å²) in [7, 11) is -4.82. The lowest BCUT2D eigenvalue weighted by molar-refractivity contribution is -0.121. The summed E-state index contributed by atoms with van der Waals surface area (Å²) in [6, 6.07) is 15.0. The minimum atomic E-state index is -4.82. The standard InChI is InChI=1S/C31H32N7O11P/c1-17(39)35-25-22-26(34-16-33-25)38(31(43)36-22)28-24(49-30(42)19-11-6-3-7-12-19)23(48-29(41)18-9-4-2-5-10-18)21(47-28)15-46-50(44,45)37-27(40)20-13-8-14-32-20/h2-7,9-12,16,20-21,23-24,28,32H,8,13-15H2,1H3,(H,36,43)(H,33,34,35,39)(H2,37,40,44,45)/t20-,21+,23+,24+,28+/m0/s1. The number of carbonyl (C=O) groups excluding carboxylic acids is 4. The maximum absolute atomic E-state index is 13.5. The zero-order valence-corrected chi connectivity index (χ0v) is 27.3. The number of aromatic amines is 1. The number of H-pyrrole nitrogens is 1. The van der Waals surface area contributed by atoms with E-state index in [1.165, 1.54) is 31.2 Å². The molecule has 0 radical (unpaired) electrons. The van der Waals surface area contributed by atoms with Crippen molar-refractivity contribution in [2.45, 2.75) is 50.3 Å². The second-order valence-electron chi connectivity index (χ2n) is 11.4. The van der Waals surface area contributed by atoms with Gasteiger partial charge in [-0.3, -0.25) is 19.2 Å². The highest BCUT2D eigenvalue weighted by Crippen LogP contribution is 2.41. The van der Waals surface area contributed by atoms with Crippen LogP contribution in [-0.4, -0.2) is 85.7 Å². The van der Waals surface area contributed by atoms with E-state index in [-0.39, 0.29) is 28.1 Å². The van der Waals surface area contributed by atoms with E-state index in [2.05, 4.69) is 25.6 Å². The molecular formula is C31H32N7O11P. The Morgan fingerprint density at radius 3 is 2.24 bits per heavy atom. The third kappa shape index (κ3) is 7.64. The number of hydrogen-bond acceptors (Lipinski definition) is 13. The molecule has 262 valence electrons. The van der Waals surface area contributed by atoms with Gasteiger partial charge in [0.15, 0.2) is 29.9 Å². The molecule has 2 aliphatic heterocycles. The number of nitrogens with one attached hydrogen (secondary N) is 4. The van der Waals surface area contributed by atoms with Gasteiger partial charge in [-0.05, 0) is 43.7 Å². The summed E-state index contributed by atoms with van der Waals surface area (Å²) in [6.07, 6.45) is -3.95. The average Bonchev–Trinajstić information content (AvgIpc) is 3.83. The topological polar surface area (TPSA) is 242 Å². The fraction of sp³-hybridized carbons (Fsp3) is 0.323. The van der Waals surface area contributed by atoms with Gasteiger partial charge >= 0.3 is 25.4 Å². The summed E-state index contributed by atoms with van der Waals surface area (Å²) in [5, 5.41) is 7.40. The van der Waals surface area contributed by atoms with E-state index in [4.69, 9.17) is 18.7 Å². The van der Waals surface area contributed by atoms with Gasteiger partial charge in [0.05, 0.1) is 23.8 Å². The lowest BCUT2D eigenvalue weighted by Gasteiger charge is -2.25. The van der Waals surface area contributed by atoms with Gasteiger partial charge < -0.3 is 34.7 Å². The van der Waals surface area contributed by atoms with Gasteiger partial charge in [-0.2, -0.15) is 0 Å². The van der Waals surface area contributed by atoms with E-state index < -0.39 is 74.4 Å². The van der Waals surface area contributed by atoms with Crippen LogP contribution in [0.4, 0.5) is 5.82 Å². The molecule has 6 atom stereocenters. The molecule has 19 heteroatoms. The normalized spacial score (nSPS) is 22.8. The van der Waals surface area contributed by atoms with Gasteiger partial charge in [0, 0.05) is 6.92 Å². The van der Waals surface area contributed by atoms with Gasteiger partial charge in [-0.25, -0.2) is 33.5 Å². The molecule has 0 aliphatic carbocycles. The number of esters is 2. The van der Waals surface area contributed by atoms with E-state index in [9.17, 15) is 33.4 Å². The van der Waals surface area contributed by atoms with Crippen molar-refractivity contribution in [1.82, 2.24) is 29.9 Å². The second-order valence-corrected chi connectivity index (χ2v) is 12.9. The molecule has 4 aromatic rings. The summed E-state index contributed by atoms with van der Waals surface area (Å²) in [6.45, 7) is 1.02. The van der Waals surface area contributed by atoms with E-state index >= 15 is 0 Å². The molecule has 2 amide bonds. The van der Waals surface area contributed by atoms with Crippen molar-refractivity contribution in [3.63, 3.8) is 0 Å². The fourth-order valence-corrected chi connectivity index (χ4v) is 6.46. The van der Waals surface area contributed by atoms with Gasteiger partial charge in [0.25, 0.3) is 0 Å². The molecule has 2 saturated heterocycles. The van der Waals surface area contributed by atoms with Crippen LogP contribution in [-0.2, 0) is 32.9 Å². The average molecular weight is 710 g/mol. The first kappa shape index (κ1) is 34.6. The molecule has 2 fully saturated rings. The molecule has 1 unspecified atom stereocenters. The van der Waals surface area contributed by atoms with Crippen LogP contribution in [0, 0.1) is 0 Å². The van der Waals surface area contributed by atoms with Gasteiger partial charge in [-0.1, -0.05) is 36.4 Å². The molecule has 2 aliphatic rings. The molecule has 0 saturated carbocycles. The van der Waals surface area contributed by atoms with Crippen molar-refractivity contribution in [1.29, 1.82) is 0 Å². The van der Waals surface area contributed by atoms with Crippen LogP contribution in [0.1, 0.15) is 46.7 Å². The number of carbonyl (C=O) groups is 4. The van der Waals surface area contributed by atoms with Gasteiger partial charge in [-0.15, -0.1) is 0 Å². The Labute approximate surface area is 283 Å². The SMILES string of the molecule is CC(=O)Nc1ncnc2c1[nH]c(=O)n2[C@@H]1O[C@H](COP(=O)(O)NC(=O)[C@@H]2CCCN2)[C@@H](OC(=O)c2ccccc2)[C@H]1OC(=O)c1ccccc1. The first-order chi connectivity index (χ1) is 24.0. The van der Waals surface area contributed by atoms with E-state index in [0.29, 0.717) is 19.4 Å². The summed E-state index contributed by atoms with van der Waals surface area (Å²) in [5.74, 6) is -3.02. The molecule has 18 nitrogen and oxygen atoms in total. The highest BCUT2D eigenvalue weighted by molar-refractivity contribution is 7.51. The minimum Gasteiger partial charge on any atom is -0.452 e. The highest BCUT2D eigenvalue weighted by Gasteiger charge is 2.52. The fourth-order valence-electron chi connectivity index (χ4n) is 5.62. The Hall–Kier alpha value is -5.26. The van der Waals surface area contributed by atoms with Crippen LogP contribution in [0.2, 0.25) is 0 Å². The van der Waals surface area contributed by atoms with Crippen molar-refractivity contribution in [2.24, 2.45) is 0 Å². The molecule has 0 bridgehead atoms. The Morgan fingerprint density at radius 1 is 1.00 bits per heavy atom. The summed E-state index contributed by atoms with van der Waals surface area (Å²) >= 11 is 0. The molecule has 4 heterocycles. The number of fused-ring (bicyclic) bond motifs is 1. The highest BCUT2D eigenvalue weighted by atomic mass is 31.2. The van der Waals surface area contributed by atoms with Crippen LogP contribution in [0.25, 0.3) is 11.2 Å². The van der Waals surface area contributed by atoms with E-state index in [0.717, 1.165) is 10.9 Å². The molecule has 50 heavy (non-hydrogen) atoms. The summed E-state index contributed by atoms with van der Waals surface area (Å²) in [4.78, 5) is 86.1. The smallest absolute Gasteiger partial charge is 0.432 e. The Balaban J connectivity index is 1.38. The first-order valence-corrected chi connectivity index (χ1v) is 17.0. The predicted molar refractivity (Wildman–Crippen MR) is 173 cm³/mol. The zero-order chi connectivity index (χ0) is 35.4. The molecule has 6 rings (SSSR count).